The molecule has 1 fully saturated rings. The number of benzene rings is 2. The van der Waals surface area contributed by atoms with Crippen molar-refractivity contribution in [3.05, 3.63) is 59.7 Å². The molecule has 0 spiro atoms. The van der Waals surface area contributed by atoms with Gasteiger partial charge in [0.1, 0.15) is 6.54 Å². The summed E-state index contributed by atoms with van der Waals surface area (Å²) >= 11 is 0. The number of anilines is 1. The van der Waals surface area contributed by atoms with Crippen molar-refractivity contribution in [1.29, 1.82) is 0 Å². The zero-order valence-corrected chi connectivity index (χ0v) is 18.3. The second kappa shape index (κ2) is 8.99. The Morgan fingerprint density at radius 2 is 1.62 bits per heavy atom. The Labute approximate surface area is 174 Å². The summed E-state index contributed by atoms with van der Waals surface area (Å²) in [7, 11) is -2.06. The summed E-state index contributed by atoms with van der Waals surface area (Å²) < 4.78 is 28.1. The zero-order valence-electron chi connectivity index (χ0n) is 17.5. The Balaban J connectivity index is 1.94. The lowest BCUT2D eigenvalue weighted by Gasteiger charge is -2.33. The van der Waals surface area contributed by atoms with Gasteiger partial charge >= 0.3 is 0 Å². The van der Waals surface area contributed by atoms with Crippen LogP contribution in [0.3, 0.4) is 0 Å². The first kappa shape index (κ1) is 21.4. The molecule has 29 heavy (non-hydrogen) atoms. The number of nitrogens with zero attached hydrogens (tertiary/aromatic N) is 2. The molecule has 1 amide bonds. The molecular weight excluding hydrogens is 384 g/mol. The van der Waals surface area contributed by atoms with Crippen LogP contribution in [0.15, 0.2) is 53.4 Å². The second-order valence-corrected chi connectivity index (χ2v) is 9.75. The van der Waals surface area contributed by atoms with Crippen LogP contribution in [0.2, 0.25) is 0 Å². The van der Waals surface area contributed by atoms with E-state index in [9.17, 15) is 13.2 Å². The van der Waals surface area contributed by atoms with Crippen molar-refractivity contribution in [2.24, 2.45) is 0 Å². The van der Waals surface area contributed by atoms with Crippen molar-refractivity contribution in [1.82, 2.24) is 4.90 Å². The summed E-state index contributed by atoms with van der Waals surface area (Å²) in [4.78, 5) is 15.0. The molecule has 5 nitrogen and oxygen atoms in total. The van der Waals surface area contributed by atoms with Crippen LogP contribution in [0.4, 0.5) is 5.69 Å². The maximum atomic E-state index is 13.4. The summed E-state index contributed by atoms with van der Waals surface area (Å²) in [5.74, 6) is -0.172. The number of hydrogen-bond donors (Lipinski definition) is 0. The summed E-state index contributed by atoms with van der Waals surface area (Å²) in [5.41, 5.74) is 2.59. The van der Waals surface area contributed by atoms with E-state index in [4.69, 9.17) is 0 Å². The first-order valence-corrected chi connectivity index (χ1v) is 11.7. The fourth-order valence-electron chi connectivity index (χ4n) is 3.82. The van der Waals surface area contributed by atoms with Crippen molar-refractivity contribution in [2.45, 2.75) is 56.9 Å². The molecule has 0 unspecified atom stereocenters. The molecular formula is C23H30N2O3S. The molecule has 0 radical (unpaired) electrons. The molecule has 3 rings (SSSR count). The predicted molar refractivity (Wildman–Crippen MR) is 117 cm³/mol. The quantitative estimate of drug-likeness (QED) is 0.708. The standard InChI is InChI=1S/C23H30N2O3S/c1-18-14-15-21(16-19(18)2)25(29(27,28)22-12-8-5-9-13-22)17-23(26)24(3)20-10-6-4-7-11-20/h5,8-9,12-16,20H,4,6-7,10-11,17H2,1-3H3. The van der Waals surface area contributed by atoms with Gasteiger partial charge in [-0.2, -0.15) is 0 Å². The summed E-state index contributed by atoms with van der Waals surface area (Å²) in [6.45, 7) is 3.73. The van der Waals surface area contributed by atoms with E-state index in [0.29, 0.717) is 5.69 Å². The van der Waals surface area contributed by atoms with Crippen LogP contribution in [0, 0.1) is 13.8 Å². The average molecular weight is 415 g/mol. The molecule has 0 aliphatic heterocycles. The number of amides is 1. The van der Waals surface area contributed by atoms with Crippen molar-refractivity contribution in [2.75, 3.05) is 17.9 Å². The molecule has 1 aliphatic rings. The number of rotatable bonds is 6. The van der Waals surface area contributed by atoms with E-state index in [2.05, 4.69) is 0 Å². The van der Waals surface area contributed by atoms with Crippen molar-refractivity contribution < 1.29 is 13.2 Å². The first-order chi connectivity index (χ1) is 13.8. The molecule has 1 saturated carbocycles. The Morgan fingerprint density at radius 3 is 2.24 bits per heavy atom. The van der Waals surface area contributed by atoms with Gasteiger partial charge in [-0.15, -0.1) is 0 Å². The lowest BCUT2D eigenvalue weighted by molar-refractivity contribution is -0.130. The molecule has 0 bridgehead atoms. The second-order valence-electron chi connectivity index (χ2n) is 7.89. The van der Waals surface area contributed by atoms with Gasteiger partial charge in [0.25, 0.3) is 10.0 Å². The average Bonchev–Trinajstić information content (AvgIpc) is 2.74. The molecule has 6 heteroatoms. The van der Waals surface area contributed by atoms with Crippen molar-refractivity contribution >= 4 is 21.6 Å². The molecule has 156 valence electrons. The Hall–Kier alpha value is -2.34. The summed E-state index contributed by atoms with van der Waals surface area (Å²) in [6, 6.07) is 14.0. The lowest BCUT2D eigenvalue weighted by atomic mass is 9.94. The van der Waals surface area contributed by atoms with E-state index < -0.39 is 10.0 Å². The van der Waals surface area contributed by atoms with Crippen LogP contribution in [-0.2, 0) is 14.8 Å². The third-order valence-corrected chi connectivity index (χ3v) is 7.69. The van der Waals surface area contributed by atoms with Gasteiger partial charge in [-0.25, -0.2) is 8.42 Å². The monoisotopic (exact) mass is 414 g/mol. The highest BCUT2D eigenvalue weighted by atomic mass is 32.2. The molecule has 0 heterocycles. The number of aryl methyl sites for hydroxylation is 2. The molecule has 2 aromatic rings. The molecule has 0 N–H and O–H groups in total. The third kappa shape index (κ3) is 4.81. The minimum absolute atomic E-state index is 0.172. The Morgan fingerprint density at radius 1 is 0.966 bits per heavy atom. The van der Waals surface area contributed by atoms with E-state index in [1.807, 2.05) is 26.0 Å². The van der Waals surface area contributed by atoms with E-state index in [0.717, 1.165) is 36.8 Å². The maximum Gasteiger partial charge on any atom is 0.264 e. The van der Waals surface area contributed by atoms with Crippen LogP contribution in [-0.4, -0.2) is 38.9 Å². The minimum Gasteiger partial charge on any atom is -0.341 e. The zero-order chi connectivity index (χ0) is 21.0. The van der Waals surface area contributed by atoms with Crippen molar-refractivity contribution in [3.63, 3.8) is 0 Å². The Bertz CT molecular complexity index is 951. The molecule has 0 aromatic heterocycles. The maximum absolute atomic E-state index is 13.4. The van der Waals surface area contributed by atoms with Crippen LogP contribution < -0.4 is 4.31 Å². The van der Waals surface area contributed by atoms with Crippen LogP contribution >= 0.6 is 0 Å². The highest BCUT2D eigenvalue weighted by Gasteiger charge is 2.30. The van der Waals surface area contributed by atoms with Gasteiger partial charge in [0.05, 0.1) is 10.6 Å². The number of carbonyl (C=O) groups is 1. The minimum atomic E-state index is -3.86. The van der Waals surface area contributed by atoms with Gasteiger partial charge in [-0.3, -0.25) is 9.10 Å². The number of carbonyl (C=O) groups excluding carboxylic acids is 1. The highest BCUT2D eigenvalue weighted by molar-refractivity contribution is 7.92. The third-order valence-electron chi connectivity index (χ3n) is 5.90. The predicted octanol–water partition coefficient (Wildman–Crippen LogP) is 4.29. The van der Waals surface area contributed by atoms with E-state index in [1.54, 1.807) is 48.3 Å². The summed E-state index contributed by atoms with van der Waals surface area (Å²) in [6.07, 6.45) is 5.40. The number of likely N-dealkylation sites (N-methyl/N-ethyl adjacent to an activating group) is 1. The van der Waals surface area contributed by atoms with Crippen LogP contribution in [0.5, 0.6) is 0 Å². The van der Waals surface area contributed by atoms with Gasteiger partial charge in [-0.05, 0) is 62.1 Å². The van der Waals surface area contributed by atoms with Crippen molar-refractivity contribution in [3.8, 4) is 0 Å². The van der Waals surface area contributed by atoms with E-state index >= 15 is 0 Å². The SMILES string of the molecule is Cc1ccc(N(CC(=O)N(C)C2CCCCC2)S(=O)(=O)c2ccccc2)cc1C. The molecule has 0 atom stereocenters. The van der Waals surface area contributed by atoms with Gasteiger partial charge < -0.3 is 4.90 Å². The highest BCUT2D eigenvalue weighted by Crippen LogP contribution is 2.27. The number of sulfonamides is 1. The van der Waals surface area contributed by atoms with E-state index in [-0.39, 0.29) is 23.4 Å². The molecule has 2 aromatic carbocycles. The van der Waals surface area contributed by atoms with E-state index in [1.165, 1.54) is 10.7 Å². The van der Waals surface area contributed by atoms with Crippen LogP contribution in [0.1, 0.15) is 43.2 Å². The smallest absolute Gasteiger partial charge is 0.264 e. The fourth-order valence-corrected chi connectivity index (χ4v) is 5.25. The van der Waals surface area contributed by atoms with Gasteiger partial charge in [0.2, 0.25) is 5.91 Å². The van der Waals surface area contributed by atoms with Crippen LogP contribution in [0.25, 0.3) is 0 Å². The number of hydrogen-bond acceptors (Lipinski definition) is 3. The fraction of sp³-hybridized carbons (Fsp3) is 0.435. The molecule has 1 aliphatic carbocycles. The van der Waals surface area contributed by atoms with Gasteiger partial charge in [0.15, 0.2) is 0 Å². The lowest BCUT2D eigenvalue weighted by Crippen LogP contribution is -2.46. The molecule has 0 saturated heterocycles. The largest absolute Gasteiger partial charge is 0.341 e. The van der Waals surface area contributed by atoms with Gasteiger partial charge in [0, 0.05) is 13.1 Å². The normalized spacial score (nSPS) is 15.1. The van der Waals surface area contributed by atoms with Gasteiger partial charge in [-0.1, -0.05) is 43.5 Å². The first-order valence-electron chi connectivity index (χ1n) is 10.2. The topological polar surface area (TPSA) is 57.7 Å². The summed E-state index contributed by atoms with van der Waals surface area (Å²) in [5, 5.41) is 0. The Kier molecular flexibility index (Phi) is 6.63.